The van der Waals surface area contributed by atoms with Crippen LogP contribution in [-0.4, -0.2) is 30.3 Å². The van der Waals surface area contributed by atoms with E-state index in [1.165, 1.54) is 11.3 Å². The van der Waals surface area contributed by atoms with E-state index in [1.807, 2.05) is 37.3 Å². The summed E-state index contributed by atoms with van der Waals surface area (Å²) >= 11 is 1.33. The van der Waals surface area contributed by atoms with Crippen molar-refractivity contribution in [2.45, 2.75) is 13.3 Å². The maximum atomic E-state index is 11.3. The largest absolute Gasteiger partial charge is 0.493 e. The molecule has 0 aliphatic carbocycles. The second-order valence-corrected chi connectivity index (χ2v) is 6.95. The van der Waals surface area contributed by atoms with Gasteiger partial charge >= 0.3 is 5.97 Å². The number of aryl methyl sites for hydroxylation is 1. The molecule has 0 aliphatic heterocycles. The van der Waals surface area contributed by atoms with Crippen molar-refractivity contribution in [1.82, 2.24) is 4.98 Å². The zero-order valence-electron chi connectivity index (χ0n) is 15.3. The number of hydrogen-bond acceptors (Lipinski definition) is 6. The van der Waals surface area contributed by atoms with Crippen LogP contribution in [0.3, 0.4) is 0 Å². The molecule has 7 heteroatoms. The van der Waals surface area contributed by atoms with Crippen molar-refractivity contribution in [1.29, 1.82) is 0 Å². The Morgan fingerprint density at radius 1 is 1.15 bits per heavy atom. The molecule has 1 aromatic heterocycles. The number of rotatable bonds is 7. The van der Waals surface area contributed by atoms with Crippen molar-refractivity contribution in [3.8, 4) is 22.8 Å². The molecule has 1 heterocycles. The number of carbonyl (C=O) groups is 1. The van der Waals surface area contributed by atoms with Gasteiger partial charge in [-0.2, -0.15) is 0 Å². The highest BCUT2D eigenvalue weighted by Crippen LogP contribution is 2.37. The molecule has 27 heavy (non-hydrogen) atoms. The first kappa shape index (κ1) is 18.7. The van der Waals surface area contributed by atoms with Gasteiger partial charge in [-0.1, -0.05) is 18.2 Å². The first-order valence-corrected chi connectivity index (χ1v) is 9.10. The third-order valence-corrected chi connectivity index (χ3v) is 5.02. The lowest BCUT2D eigenvalue weighted by atomic mass is 10.1. The molecule has 0 atom stereocenters. The fourth-order valence-corrected chi connectivity index (χ4v) is 3.69. The number of nitrogens with zero attached hydrogens (tertiary/aromatic N) is 1. The van der Waals surface area contributed by atoms with Crippen LogP contribution in [0.4, 0.5) is 10.8 Å². The molecule has 0 aliphatic rings. The average molecular weight is 384 g/mol. The van der Waals surface area contributed by atoms with Gasteiger partial charge in [-0.05, 0) is 36.8 Å². The minimum Gasteiger partial charge on any atom is -0.493 e. The molecular formula is C20H20N2O4S. The molecule has 3 aromatic rings. The van der Waals surface area contributed by atoms with Crippen LogP contribution in [0.25, 0.3) is 11.3 Å². The Hall–Kier alpha value is -3.06. The van der Waals surface area contributed by atoms with E-state index in [9.17, 15) is 9.90 Å². The zero-order chi connectivity index (χ0) is 19.4. The Balaban J connectivity index is 2.02. The van der Waals surface area contributed by atoms with Gasteiger partial charge in [0.05, 0.1) is 26.3 Å². The van der Waals surface area contributed by atoms with E-state index in [1.54, 1.807) is 26.4 Å². The van der Waals surface area contributed by atoms with E-state index >= 15 is 0 Å². The number of benzene rings is 2. The van der Waals surface area contributed by atoms with Crippen molar-refractivity contribution in [3.05, 3.63) is 52.9 Å². The normalized spacial score (nSPS) is 10.5. The average Bonchev–Trinajstić information content (AvgIpc) is 3.04. The Morgan fingerprint density at radius 3 is 2.56 bits per heavy atom. The SMILES string of the molecule is COc1ccc(-c2nc(Nc3ccccc3C)sc2CC(=O)O)cc1OC. The third-order valence-electron chi connectivity index (χ3n) is 4.05. The Labute approximate surface area is 161 Å². The number of ether oxygens (including phenoxy) is 2. The van der Waals surface area contributed by atoms with Gasteiger partial charge in [0.1, 0.15) is 0 Å². The van der Waals surface area contributed by atoms with Crippen molar-refractivity contribution in [3.63, 3.8) is 0 Å². The predicted molar refractivity (Wildman–Crippen MR) is 106 cm³/mol. The smallest absolute Gasteiger partial charge is 0.308 e. The summed E-state index contributed by atoms with van der Waals surface area (Å²) in [6, 6.07) is 13.3. The number of methoxy groups -OCH3 is 2. The summed E-state index contributed by atoms with van der Waals surface area (Å²) in [6.45, 7) is 2.00. The number of thiazole rings is 1. The van der Waals surface area contributed by atoms with Gasteiger partial charge in [0.15, 0.2) is 16.6 Å². The minimum atomic E-state index is -0.900. The van der Waals surface area contributed by atoms with Gasteiger partial charge < -0.3 is 19.9 Å². The second-order valence-electron chi connectivity index (χ2n) is 5.87. The number of hydrogen-bond donors (Lipinski definition) is 2. The molecule has 2 N–H and O–H groups in total. The standard InChI is InChI=1S/C20H20N2O4S/c1-12-6-4-5-7-14(12)21-20-22-19(17(27-20)11-18(23)24)13-8-9-15(25-2)16(10-13)26-3/h4-10H,11H2,1-3H3,(H,21,22)(H,23,24). The fourth-order valence-electron chi connectivity index (χ4n) is 2.70. The van der Waals surface area contributed by atoms with E-state index in [0.29, 0.717) is 27.2 Å². The van der Waals surface area contributed by atoms with Crippen LogP contribution in [0, 0.1) is 6.92 Å². The van der Waals surface area contributed by atoms with Crippen molar-refractivity contribution in [2.75, 3.05) is 19.5 Å². The molecule has 0 amide bonds. The molecule has 0 radical (unpaired) electrons. The van der Waals surface area contributed by atoms with E-state index in [-0.39, 0.29) is 6.42 Å². The minimum absolute atomic E-state index is 0.100. The van der Waals surface area contributed by atoms with Crippen LogP contribution >= 0.6 is 11.3 Å². The summed E-state index contributed by atoms with van der Waals surface area (Å²) in [5, 5.41) is 13.2. The molecule has 6 nitrogen and oxygen atoms in total. The van der Waals surface area contributed by atoms with Crippen molar-refractivity contribution >= 4 is 28.1 Å². The number of para-hydroxylation sites is 1. The summed E-state index contributed by atoms with van der Waals surface area (Å²) < 4.78 is 10.6. The summed E-state index contributed by atoms with van der Waals surface area (Å²) in [5.41, 5.74) is 3.42. The topological polar surface area (TPSA) is 80.7 Å². The molecule has 0 bridgehead atoms. The second kappa shape index (κ2) is 8.09. The number of aliphatic carboxylic acids is 1. The molecule has 0 fully saturated rings. The quantitative estimate of drug-likeness (QED) is 0.624. The van der Waals surface area contributed by atoms with Crippen LogP contribution in [0.2, 0.25) is 0 Å². The number of aromatic nitrogens is 1. The van der Waals surface area contributed by atoms with Gasteiger partial charge in [-0.3, -0.25) is 4.79 Å². The summed E-state index contributed by atoms with van der Waals surface area (Å²) in [5.74, 6) is 0.273. The van der Waals surface area contributed by atoms with Crippen LogP contribution in [-0.2, 0) is 11.2 Å². The van der Waals surface area contributed by atoms with E-state index in [4.69, 9.17) is 9.47 Å². The van der Waals surface area contributed by atoms with Crippen LogP contribution in [0.15, 0.2) is 42.5 Å². The maximum absolute atomic E-state index is 11.3. The lowest BCUT2D eigenvalue weighted by Crippen LogP contribution is -1.99. The van der Waals surface area contributed by atoms with Crippen LogP contribution in [0.1, 0.15) is 10.4 Å². The third kappa shape index (κ3) is 4.20. The number of carboxylic acid groups (broad SMARTS) is 1. The first-order valence-electron chi connectivity index (χ1n) is 8.28. The Bertz CT molecular complexity index is 968. The Morgan fingerprint density at radius 2 is 1.89 bits per heavy atom. The van der Waals surface area contributed by atoms with E-state index < -0.39 is 5.97 Å². The summed E-state index contributed by atoms with van der Waals surface area (Å²) in [4.78, 5) is 16.6. The van der Waals surface area contributed by atoms with E-state index in [2.05, 4.69) is 10.3 Å². The molecule has 0 saturated heterocycles. The lowest BCUT2D eigenvalue weighted by molar-refractivity contribution is -0.136. The number of anilines is 2. The van der Waals surface area contributed by atoms with Gasteiger partial charge in [0.2, 0.25) is 0 Å². The predicted octanol–water partition coefficient (Wildman–Crippen LogP) is 4.51. The number of nitrogens with one attached hydrogen (secondary N) is 1. The highest BCUT2D eigenvalue weighted by Gasteiger charge is 2.18. The zero-order valence-corrected chi connectivity index (χ0v) is 16.1. The lowest BCUT2D eigenvalue weighted by Gasteiger charge is -2.09. The highest BCUT2D eigenvalue weighted by atomic mass is 32.1. The summed E-state index contributed by atoms with van der Waals surface area (Å²) in [6.07, 6.45) is -0.100. The first-order chi connectivity index (χ1) is 13.0. The monoisotopic (exact) mass is 384 g/mol. The van der Waals surface area contributed by atoms with Crippen LogP contribution < -0.4 is 14.8 Å². The molecule has 2 aromatic carbocycles. The van der Waals surface area contributed by atoms with Crippen molar-refractivity contribution < 1.29 is 19.4 Å². The van der Waals surface area contributed by atoms with E-state index in [0.717, 1.165) is 16.8 Å². The number of carboxylic acids is 1. The molecule has 0 spiro atoms. The van der Waals surface area contributed by atoms with Gasteiger partial charge in [0.25, 0.3) is 0 Å². The molecule has 140 valence electrons. The van der Waals surface area contributed by atoms with Gasteiger partial charge in [-0.25, -0.2) is 4.98 Å². The van der Waals surface area contributed by atoms with Gasteiger partial charge in [0, 0.05) is 16.1 Å². The van der Waals surface area contributed by atoms with Crippen molar-refractivity contribution in [2.24, 2.45) is 0 Å². The van der Waals surface area contributed by atoms with Gasteiger partial charge in [-0.15, -0.1) is 11.3 Å². The summed E-state index contributed by atoms with van der Waals surface area (Å²) in [7, 11) is 3.13. The fraction of sp³-hybridized carbons (Fsp3) is 0.200. The molecular weight excluding hydrogens is 364 g/mol. The molecule has 0 unspecified atom stereocenters. The maximum Gasteiger partial charge on any atom is 0.308 e. The van der Waals surface area contributed by atoms with Crippen LogP contribution in [0.5, 0.6) is 11.5 Å². The molecule has 3 rings (SSSR count). The Kier molecular flexibility index (Phi) is 5.61. The molecule has 0 saturated carbocycles. The highest BCUT2D eigenvalue weighted by molar-refractivity contribution is 7.16.